The second-order valence-corrected chi connectivity index (χ2v) is 15.4. The summed E-state index contributed by atoms with van der Waals surface area (Å²) in [4.78, 5) is 51.6. The number of aliphatic hydroxyl groups excluding tert-OH is 1. The van der Waals surface area contributed by atoms with Gasteiger partial charge in [-0.05, 0) is 23.6 Å². The minimum Gasteiger partial charge on any atom is -0.387 e. The summed E-state index contributed by atoms with van der Waals surface area (Å²) in [5.74, 6) is 1.25. The van der Waals surface area contributed by atoms with Crippen LogP contribution in [0.15, 0.2) is 23.6 Å². The third-order valence-corrected chi connectivity index (χ3v) is 10.4. The van der Waals surface area contributed by atoms with Crippen molar-refractivity contribution in [3.63, 3.8) is 0 Å². The fourth-order valence-corrected chi connectivity index (χ4v) is 8.14. The van der Waals surface area contributed by atoms with Gasteiger partial charge in [0.2, 0.25) is 5.95 Å². The maximum atomic E-state index is 16.0. The van der Waals surface area contributed by atoms with Crippen molar-refractivity contribution in [2.24, 2.45) is 0 Å². The van der Waals surface area contributed by atoms with Gasteiger partial charge in [0, 0.05) is 12.6 Å². The molecule has 0 aromatic carbocycles. The lowest BCUT2D eigenvalue weighted by atomic mass is 9.99. The minimum absolute atomic E-state index is 0.0688. The molecule has 0 radical (unpaired) electrons. The van der Waals surface area contributed by atoms with Gasteiger partial charge in [0.05, 0.1) is 18.3 Å². The molecule has 3 unspecified atom stereocenters. The zero-order valence-electron chi connectivity index (χ0n) is 23.3. The molecule has 250 valence electrons. The molecule has 10 atom stereocenters. The number of rotatable bonds is 9. The van der Waals surface area contributed by atoms with Crippen LogP contribution < -0.4 is 17.0 Å². The number of aliphatic hydroxyl groups is 1. The van der Waals surface area contributed by atoms with Gasteiger partial charge in [-0.25, -0.2) is 23.7 Å². The number of aromatic amines is 1. The molecule has 3 fully saturated rings. The Morgan fingerprint density at radius 2 is 2.09 bits per heavy atom. The Morgan fingerprint density at radius 3 is 2.81 bits per heavy atom. The molecular weight excluding hydrogens is 710 g/mol. The molecule has 1 aliphatic carbocycles. The first-order chi connectivity index (χ1) is 22.2. The van der Waals surface area contributed by atoms with Gasteiger partial charge in [0.25, 0.3) is 5.56 Å². The minimum atomic E-state index is -4.50. The Hall–Kier alpha value is -3.03. The quantitative estimate of drug-likeness (QED) is 0.0949. The summed E-state index contributed by atoms with van der Waals surface area (Å²) >= 11 is 10.1. The summed E-state index contributed by atoms with van der Waals surface area (Å²) < 4.78 is 61.7. The third-order valence-electron chi connectivity index (χ3n) is 8.13. The molecular formula is C23H23F2N9O9P2S2. The zero-order chi connectivity index (χ0) is 33.6. The number of hydrogen-bond donors (Lipinski definition) is 6. The zero-order valence-corrected chi connectivity index (χ0v) is 26.9. The van der Waals surface area contributed by atoms with Gasteiger partial charge in [-0.2, -0.15) is 4.98 Å². The van der Waals surface area contributed by atoms with E-state index in [9.17, 15) is 24.1 Å². The van der Waals surface area contributed by atoms with E-state index in [1.165, 1.54) is 4.57 Å². The molecule has 47 heavy (non-hydrogen) atoms. The second kappa shape index (κ2) is 11.3. The van der Waals surface area contributed by atoms with Gasteiger partial charge in [0.15, 0.2) is 53.4 Å². The number of nitrogens with one attached hydrogen (secondary N) is 1. The number of nitrogens with zero attached hydrogens (tertiary/aromatic N) is 6. The van der Waals surface area contributed by atoms with Crippen LogP contribution in [0.3, 0.4) is 0 Å². The van der Waals surface area contributed by atoms with E-state index >= 15 is 4.39 Å². The number of anilines is 2. The van der Waals surface area contributed by atoms with Crippen molar-refractivity contribution < 1.29 is 46.7 Å². The van der Waals surface area contributed by atoms with E-state index in [0.29, 0.717) is 0 Å². The molecule has 3 aliphatic rings. The summed E-state index contributed by atoms with van der Waals surface area (Å²) in [7, 11) is -2.82. The summed E-state index contributed by atoms with van der Waals surface area (Å²) in [6.07, 6.45) is 0.537. The standard InChI is InChI=1S/C23H23F2N9O9P2S2/c1-2-22(9(42-44(37)46)3-10(41-22)33-4-8(24)11-16(26)28-6-29-17(11)33)5-39-45(38,47)43-15-20(40-14-13(35)23(14,15)25)34-7-30-12-18(34)31-21(27)32-19(12)36/h1,4,6-7,9-10,13-15,20,35,44H,3,5H2,(H,37,46)(H,38,47)(H2,26,28,29)(H3,27,31,32,36)/t9-,10+,13?,14+,15-,20+,22+,23+,45?/m0/s1. The number of hydrogen-bond acceptors (Lipinski definition) is 15. The van der Waals surface area contributed by atoms with E-state index in [2.05, 4.69) is 30.8 Å². The largest absolute Gasteiger partial charge is 0.387 e. The Morgan fingerprint density at radius 1 is 1.32 bits per heavy atom. The van der Waals surface area contributed by atoms with E-state index < -0.39 is 80.0 Å². The summed E-state index contributed by atoms with van der Waals surface area (Å²) in [6, 6.07) is 0. The average Bonchev–Trinajstić information content (AvgIpc) is 3.53. The van der Waals surface area contributed by atoms with Crippen molar-refractivity contribution >= 4 is 71.4 Å². The normalized spacial score (nSPS) is 33.5. The molecule has 4 aromatic heterocycles. The summed E-state index contributed by atoms with van der Waals surface area (Å²) in [5, 5.41) is 10.2. The highest BCUT2D eigenvalue weighted by Gasteiger charge is 2.80. The number of fused-ring (bicyclic) bond motifs is 3. The highest BCUT2D eigenvalue weighted by molar-refractivity contribution is 8.07. The number of imidazole rings is 1. The molecule has 4 aromatic rings. The third kappa shape index (κ3) is 5.18. The van der Waals surface area contributed by atoms with Crippen molar-refractivity contribution in [2.75, 3.05) is 18.1 Å². The first-order valence-corrected chi connectivity index (χ1v) is 18.5. The van der Waals surface area contributed by atoms with Crippen molar-refractivity contribution in [2.45, 2.75) is 54.6 Å². The molecule has 18 nitrogen and oxygen atoms in total. The first kappa shape index (κ1) is 32.5. The summed E-state index contributed by atoms with van der Waals surface area (Å²) in [6.45, 7) is -5.25. The topological polar surface area (TPSA) is 253 Å². The molecule has 8 N–H and O–H groups in total. The van der Waals surface area contributed by atoms with E-state index in [0.717, 1.165) is 23.4 Å². The van der Waals surface area contributed by atoms with Crippen LogP contribution in [0.5, 0.6) is 0 Å². The van der Waals surface area contributed by atoms with E-state index in [4.69, 9.17) is 64.5 Å². The van der Waals surface area contributed by atoms with Crippen LogP contribution >= 0.6 is 13.9 Å². The number of H-pyrrole nitrogens is 1. The number of halogens is 2. The lowest BCUT2D eigenvalue weighted by molar-refractivity contribution is -0.0921. The fourth-order valence-electron chi connectivity index (χ4n) is 5.86. The Balaban J connectivity index is 1.16. The van der Waals surface area contributed by atoms with Crippen LogP contribution in [-0.2, 0) is 46.7 Å². The van der Waals surface area contributed by atoms with Gasteiger partial charge in [-0.15, -0.1) is 6.42 Å². The highest BCUT2D eigenvalue weighted by atomic mass is 32.5. The van der Waals surface area contributed by atoms with Crippen LogP contribution in [0, 0.1) is 18.2 Å². The number of terminal acetylenes is 1. The van der Waals surface area contributed by atoms with Crippen molar-refractivity contribution in [3.05, 3.63) is 35.0 Å². The van der Waals surface area contributed by atoms with E-state index in [1.54, 1.807) is 0 Å². The SMILES string of the molecule is C#C[C@]1(COP(O)(=S)O[C@H]2[C@H](n3cnc4c(=O)[nH]c(N)nc43)O[C@@H]3C(O)[C@@]32F)O[C@@H](n2cc(F)c3c(N)ncnc32)C[C@@H]1O[PH](O)=S. The number of aromatic nitrogens is 7. The smallest absolute Gasteiger partial charge is 0.325 e. The van der Waals surface area contributed by atoms with Crippen molar-refractivity contribution in [3.8, 4) is 12.3 Å². The predicted molar refractivity (Wildman–Crippen MR) is 165 cm³/mol. The van der Waals surface area contributed by atoms with Gasteiger partial charge in [0.1, 0.15) is 36.7 Å². The van der Waals surface area contributed by atoms with Crippen LogP contribution in [0.4, 0.5) is 20.5 Å². The average molecular weight is 734 g/mol. The van der Waals surface area contributed by atoms with Crippen LogP contribution in [-0.4, -0.2) is 91.2 Å². The van der Waals surface area contributed by atoms with E-state index in [1.807, 2.05) is 0 Å². The van der Waals surface area contributed by atoms with E-state index in [-0.39, 0.29) is 40.4 Å². The summed E-state index contributed by atoms with van der Waals surface area (Å²) in [5.41, 5.74) is 6.17. The molecule has 2 saturated heterocycles. The number of alkyl halides is 1. The maximum absolute atomic E-state index is 16.0. The van der Waals surface area contributed by atoms with Gasteiger partial charge in [-0.3, -0.25) is 18.9 Å². The number of nitrogen functional groups attached to an aromatic ring is 2. The van der Waals surface area contributed by atoms with Crippen molar-refractivity contribution in [1.82, 2.24) is 34.1 Å². The highest BCUT2D eigenvalue weighted by Crippen LogP contribution is 2.62. The lowest BCUT2D eigenvalue weighted by Gasteiger charge is -2.32. The molecule has 2 aliphatic heterocycles. The number of nitrogens with two attached hydrogens (primary N) is 2. The fraction of sp³-hybridized carbons (Fsp3) is 0.435. The molecule has 6 heterocycles. The van der Waals surface area contributed by atoms with Crippen LogP contribution in [0.1, 0.15) is 18.9 Å². The Kier molecular flexibility index (Phi) is 7.79. The molecule has 0 spiro atoms. The van der Waals surface area contributed by atoms with Crippen LogP contribution in [0.2, 0.25) is 0 Å². The lowest BCUT2D eigenvalue weighted by Crippen LogP contribution is -2.43. The maximum Gasteiger partial charge on any atom is 0.325 e. The predicted octanol–water partition coefficient (Wildman–Crippen LogP) is -0.359. The molecule has 7 rings (SSSR count). The Labute approximate surface area is 271 Å². The van der Waals surface area contributed by atoms with Crippen molar-refractivity contribution in [1.29, 1.82) is 0 Å². The molecule has 24 heteroatoms. The Bertz CT molecular complexity index is 2120. The monoisotopic (exact) mass is 733 g/mol. The van der Waals surface area contributed by atoms with Crippen LogP contribution in [0.25, 0.3) is 22.2 Å². The van der Waals surface area contributed by atoms with Gasteiger partial charge in [-0.1, -0.05) is 5.92 Å². The van der Waals surface area contributed by atoms with Gasteiger partial charge < -0.3 is 49.4 Å². The molecule has 0 bridgehead atoms. The molecule has 1 saturated carbocycles. The number of ether oxygens (including phenoxy) is 2. The first-order valence-electron chi connectivity index (χ1n) is 13.4. The molecule has 0 amide bonds. The van der Waals surface area contributed by atoms with Gasteiger partial charge >= 0.3 is 6.72 Å². The second-order valence-electron chi connectivity index (χ2n) is 10.8.